The van der Waals surface area contributed by atoms with Crippen LogP contribution in [-0.4, -0.2) is 47.2 Å². The third-order valence-corrected chi connectivity index (χ3v) is 8.12. The predicted octanol–water partition coefficient (Wildman–Crippen LogP) is 4.82. The van der Waals surface area contributed by atoms with E-state index in [4.69, 9.17) is 4.74 Å². The Balaban J connectivity index is 1.37. The van der Waals surface area contributed by atoms with Gasteiger partial charge in [0.1, 0.15) is 6.04 Å². The van der Waals surface area contributed by atoms with E-state index in [-0.39, 0.29) is 16.9 Å². The third kappa shape index (κ3) is 4.36. The van der Waals surface area contributed by atoms with Crippen LogP contribution in [0, 0.1) is 22.0 Å². The molecule has 0 aliphatic carbocycles. The number of carbonyl (C=O) groups excluding carboxylic acids is 4. The molecule has 3 heterocycles. The molecule has 0 N–H and O–H groups in total. The second-order valence-electron chi connectivity index (χ2n) is 10.5. The summed E-state index contributed by atoms with van der Waals surface area (Å²) in [4.78, 5) is 68.3. The second-order valence-corrected chi connectivity index (χ2v) is 10.5. The van der Waals surface area contributed by atoms with Crippen LogP contribution in [0.4, 0.5) is 17.1 Å². The molecule has 3 aromatic carbocycles. The summed E-state index contributed by atoms with van der Waals surface area (Å²) in [5.41, 5.74) is 1.98. The van der Waals surface area contributed by atoms with E-state index in [1.165, 1.54) is 48.5 Å². The Hall–Kier alpha value is -5.12. The van der Waals surface area contributed by atoms with Crippen molar-refractivity contribution in [2.75, 3.05) is 16.4 Å². The molecule has 0 radical (unpaired) electrons. The van der Waals surface area contributed by atoms with E-state index in [0.717, 1.165) is 23.3 Å². The summed E-state index contributed by atoms with van der Waals surface area (Å²) in [5, 5.41) is 11.4. The van der Waals surface area contributed by atoms with Crippen molar-refractivity contribution < 1.29 is 28.8 Å². The van der Waals surface area contributed by atoms with Crippen molar-refractivity contribution in [3.63, 3.8) is 0 Å². The number of hydrogen-bond donors (Lipinski definition) is 0. The van der Waals surface area contributed by atoms with Gasteiger partial charge in [0.2, 0.25) is 11.8 Å². The summed E-state index contributed by atoms with van der Waals surface area (Å²) in [5.74, 6) is -3.83. The third-order valence-electron chi connectivity index (χ3n) is 8.12. The van der Waals surface area contributed by atoms with Crippen LogP contribution in [0.25, 0.3) is 6.08 Å². The zero-order chi connectivity index (χ0) is 29.5. The SMILES string of the molecule is CCCCOC(=O)c1ccc(N2C(=O)[C@@H]3[C@H](C2=O)[C@H]2C=Cc4ccccc4N2[C@@H]3C(=O)c2cccc([N+](=O)[O-])c2)cc1. The van der Waals surface area contributed by atoms with Gasteiger partial charge in [-0.25, -0.2) is 9.69 Å². The second kappa shape index (κ2) is 10.7. The van der Waals surface area contributed by atoms with Crippen LogP contribution in [0.1, 0.15) is 46.0 Å². The lowest BCUT2D eigenvalue weighted by Gasteiger charge is -2.36. The number of fused-ring (bicyclic) bond motifs is 5. The number of anilines is 2. The fourth-order valence-electron chi connectivity index (χ4n) is 6.15. The standard InChI is InChI=1S/C32H27N3O7/c1-2-3-17-42-32(39)20-11-14-22(15-12-20)33-30(37)26-25-16-13-19-7-4-5-10-24(19)34(25)28(27(26)31(33)38)29(36)21-8-6-9-23(18-21)35(40)41/h4-16,18,25-28H,2-3,17H2,1H3/t25-,26-,27-,28+/m1/s1. The molecule has 4 atom stereocenters. The van der Waals surface area contributed by atoms with Gasteiger partial charge in [-0.3, -0.25) is 24.5 Å². The molecule has 10 nitrogen and oxygen atoms in total. The van der Waals surface area contributed by atoms with Gasteiger partial charge in [-0.15, -0.1) is 0 Å². The van der Waals surface area contributed by atoms with Gasteiger partial charge in [-0.1, -0.05) is 55.8 Å². The van der Waals surface area contributed by atoms with Crippen molar-refractivity contribution >= 4 is 46.7 Å². The zero-order valence-electron chi connectivity index (χ0n) is 22.7. The molecular weight excluding hydrogens is 538 g/mol. The molecule has 0 aromatic heterocycles. The lowest BCUT2D eigenvalue weighted by molar-refractivity contribution is -0.384. The topological polar surface area (TPSA) is 127 Å². The summed E-state index contributed by atoms with van der Waals surface area (Å²) >= 11 is 0. The molecule has 2 saturated heterocycles. The van der Waals surface area contributed by atoms with Gasteiger partial charge in [0.05, 0.1) is 40.7 Å². The first-order valence-electron chi connectivity index (χ1n) is 13.8. The number of carbonyl (C=O) groups is 4. The maximum absolute atomic E-state index is 14.1. The molecule has 0 saturated carbocycles. The van der Waals surface area contributed by atoms with Crippen LogP contribution in [0.2, 0.25) is 0 Å². The number of para-hydroxylation sites is 1. The minimum atomic E-state index is -1.07. The largest absolute Gasteiger partial charge is 0.462 e. The van der Waals surface area contributed by atoms with E-state index in [1.807, 2.05) is 48.2 Å². The number of amides is 2. The highest BCUT2D eigenvalue weighted by Crippen LogP contribution is 2.49. The number of esters is 1. The van der Waals surface area contributed by atoms with Crippen LogP contribution >= 0.6 is 0 Å². The Morgan fingerprint density at radius 1 is 0.929 bits per heavy atom. The number of hydrogen-bond acceptors (Lipinski definition) is 8. The number of nitrogens with zero attached hydrogens (tertiary/aromatic N) is 3. The molecule has 212 valence electrons. The summed E-state index contributed by atoms with van der Waals surface area (Å²) in [6.45, 7) is 2.29. The molecule has 6 rings (SSSR count). The minimum Gasteiger partial charge on any atom is -0.462 e. The highest BCUT2D eigenvalue weighted by Gasteiger charge is 2.64. The fourth-order valence-corrected chi connectivity index (χ4v) is 6.15. The molecule has 2 amide bonds. The Kier molecular flexibility index (Phi) is 6.89. The van der Waals surface area contributed by atoms with Crippen LogP contribution in [-0.2, 0) is 14.3 Å². The van der Waals surface area contributed by atoms with Gasteiger partial charge < -0.3 is 9.64 Å². The number of rotatable bonds is 8. The van der Waals surface area contributed by atoms with E-state index in [0.29, 0.717) is 17.9 Å². The molecule has 10 heteroatoms. The first-order chi connectivity index (χ1) is 20.3. The smallest absolute Gasteiger partial charge is 0.338 e. The van der Waals surface area contributed by atoms with Crippen LogP contribution in [0.5, 0.6) is 0 Å². The lowest BCUT2D eigenvalue weighted by atomic mass is 9.86. The maximum atomic E-state index is 14.1. The first-order valence-corrected chi connectivity index (χ1v) is 13.8. The highest BCUT2D eigenvalue weighted by molar-refractivity contribution is 6.25. The molecule has 0 spiro atoms. The van der Waals surface area contributed by atoms with Crippen LogP contribution in [0.15, 0.2) is 78.9 Å². The molecule has 0 unspecified atom stereocenters. The highest BCUT2D eigenvalue weighted by atomic mass is 16.6. The molecular formula is C32H27N3O7. The Bertz CT molecular complexity index is 1650. The van der Waals surface area contributed by atoms with Crippen molar-refractivity contribution in [3.8, 4) is 0 Å². The van der Waals surface area contributed by atoms with Gasteiger partial charge >= 0.3 is 5.97 Å². The van der Waals surface area contributed by atoms with Crippen molar-refractivity contribution in [1.29, 1.82) is 0 Å². The van der Waals surface area contributed by atoms with E-state index >= 15 is 0 Å². The predicted molar refractivity (Wildman–Crippen MR) is 154 cm³/mol. The molecule has 3 aliphatic rings. The molecule has 42 heavy (non-hydrogen) atoms. The number of unbranched alkanes of at least 4 members (excludes halogenated alkanes) is 1. The summed E-state index contributed by atoms with van der Waals surface area (Å²) in [6, 6.07) is 17.2. The van der Waals surface area contributed by atoms with Crippen molar-refractivity contribution in [2.45, 2.75) is 31.8 Å². The average molecular weight is 566 g/mol. The van der Waals surface area contributed by atoms with Gasteiger partial charge in [-0.2, -0.15) is 0 Å². The summed E-state index contributed by atoms with van der Waals surface area (Å²) in [6.07, 6.45) is 5.35. The lowest BCUT2D eigenvalue weighted by Crippen LogP contribution is -2.48. The van der Waals surface area contributed by atoms with Crippen molar-refractivity contribution in [1.82, 2.24) is 0 Å². The van der Waals surface area contributed by atoms with Gasteiger partial charge in [-0.05, 0) is 42.3 Å². The van der Waals surface area contributed by atoms with Gasteiger partial charge in [0, 0.05) is 23.4 Å². The average Bonchev–Trinajstić information content (AvgIpc) is 3.49. The normalized spacial score (nSPS) is 22.0. The Morgan fingerprint density at radius 3 is 2.40 bits per heavy atom. The molecule has 3 aromatic rings. The number of benzene rings is 3. The van der Waals surface area contributed by atoms with E-state index in [1.54, 1.807) is 0 Å². The van der Waals surface area contributed by atoms with Crippen LogP contribution < -0.4 is 9.80 Å². The molecule has 3 aliphatic heterocycles. The quantitative estimate of drug-likeness (QED) is 0.0950. The number of nitro benzene ring substituents is 1. The fraction of sp³-hybridized carbons (Fsp3) is 0.250. The monoisotopic (exact) mass is 565 g/mol. The van der Waals surface area contributed by atoms with Crippen LogP contribution in [0.3, 0.4) is 0 Å². The molecule has 0 bridgehead atoms. The zero-order valence-corrected chi connectivity index (χ0v) is 22.7. The minimum absolute atomic E-state index is 0.0882. The Labute approximate surface area is 241 Å². The van der Waals surface area contributed by atoms with Crippen molar-refractivity contribution in [2.24, 2.45) is 11.8 Å². The number of Topliss-reactive ketones (excluding diaryl/α,β-unsaturated/α-hetero) is 1. The van der Waals surface area contributed by atoms with Gasteiger partial charge in [0.25, 0.3) is 5.69 Å². The Morgan fingerprint density at radius 2 is 1.67 bits per heavy atom. The van der Waals surface area contributed by atoms with Gasteiger partial charge in [0.15, 0.2) is 5.78 Å². The van der Waals surface area contributed by atoms with E-state index in [2.05, 4.69) is 0 Å². The number of imide groups is 1. The summed E-state index contributed by atoms with van der Waals surface area (Å²) in [7, 11) is 0. The summed E-state index contributed by atoms with van der Waals surface area (Å²) < 4.78 is 5.25. The molecule has 2 fully saturated rings. The van der Waals surface area contributed by atoms with E-state index in [9.17, 15) is 29.3 Å². The number of ether oxygens (including phenoxy) is 1. The first kappa shape index (κ1) is 27.1. The number of non-ortho nitro benzene ring substituents is 1. The number of nitro groups is 1. The number of ketones is 1. The van der Waals surface area contributed by atoms with Crippen molar-refractivity contribution in [3.05, 3.63) is 106 Å². The maximum Gasteiger partial charge on any atom is 0.338 e. The van der Waals surface area contributed by atoms with E-state index < -0.39 is 52.4 Å².